The summed E-state index contributed by atoms with van der Waals surface area (Å²) >= 11 is 3.52. The molecule has 0 amide bonds. The van der Waals surface area contributed by atoms with Crippen LogP contribution in [0.5, 0.6) is 11.5 Å². The van der Waals surface area contributed by atoms with Crippen molar-refractivity contribution in [2.24, 2.45) is 0 Å². The highest BCUT2D eigenvalue weighted by atomic mass is 79.9. The summed E-state index contributed by atoms with van der Waals surface area (Å²) in [6, 6.07) is 1.91. The maximum atomic E-state index is 10.7. The molecule has 0 heterocycles. The number of ether oxygens (including phenoxy) is 2. The highest BCUT2D eigenvalue weighted by Gasteiger charge is 2.18. The minimum atomic E-state index is -0.829. The Morgan fingerprint density at radius 3 is 2.50 bits per heavy atom. The molecule has 0 aromatic heterocycles. The molecule has 1 rings (SSSR count). The maximum absolute atomic E-state index is 10.7. The molecule has 0 fully saturated rings. The van der Waals surface area contributed by atoms with Gasteiger partial charge in [-0.15, -0.1) is 0 Å². The number of aliphatic carboxylic acids is 1. The van der Waals surface area contributed by atoms with Crippen LogP contribution in [0.15, 0.2) is 10.5 Å². The van der Waals surface area contributed by atoms with E-state index in [2.05, 4.69) is 15.9 Å². The van der Waals surface area contributed by atoms with Crippen molar-refractivity contribution in [3.63, 3.8) is 0 Å². The minimum absolute atomic E-state index is 0.0608. The van der Waals surface area contributed by atoms with Crippen LogP contribution in [0.4, 0.5) is 0 Å². The van der Waals surface area contributed by atoms with Crippen LogP contribution in [-0.2, 0) is 17.6 Å². The van der Waals surface area contributed by atoms with Crippen LogP contribution in [0, 0.1) is 0 Å². The van der Waals surface area contributed by atoms with Gasteiger partial charge in [-0.25, -0.2) is 0 Å². The number of carbonyl (C=O) groups is 1. The van der Waals surface area contributed by atoms with E-state index in [0.717, 1.165) is 22.0 Å². The lowest BCUT2D eigenvalue weighted by Crippen LogP contribution is -2.04. The second-order valence-corrected chi connectivity index (χ2v) is 4.60. The van der Waals surface area contributed by atoms with Gasteiger partial charge in [0, 0.05) is 16.5 Å². The van der Waals surface area contributed by atoms with E-state index in [1.165, 1.54) is 0 Å². The standard InChI is InChI=1S/C13H17BrO4/c1-4-8-7-10(17-2)13(18-3)9(12(8)14)5-6-11(15)16/h7H,4-6H2,1-3H3,(H,15,16). The Labute approximate surface area is 115 Å². The molecule has 0 aliphatic carbocycles. The summed E-state index contributed by atoms with van der Waals surface area (Å²) in [6.45, 7) is 2.03. The van der Waals surface area contributed by atoms with Gasteiger partial charge in [-0.3, -0.25) is 4.79 Å². The van der Waals surface area contributed by atoms with Crippen molar-refractivity contribution < 1.29 is 19.4 Å². The van der Waals surface area contributed by atoms with Gasteiger partial charge in [0.05, 0.1) is 14.2 Å². The predicted molar refractivity (Wildman–Crippen MR) is 72.6 cm³/mol. The smallest absolute Gasteiger partial charge is 0.303 e. The Morgan fingerprint density at radius 1 is 1.39 bits per heavy atom. The monoisotopic (exact) mass is 316 g/mol. The fourth-order valence-corrected chi connectivity index (χ4v) is 2.59. The molecule has 5 heteroatoms. The average molecular weight is 317 g/mol. The second kappa shape index (κ2) is 6.64. The third-order valence-electron chi connectivity index (χ3n) is 2.74. The van der Waals surface area contributed by atoms with Crippen LogP contribution < -0.4 is 9.47 Å². The quantitative estimate of drug-likeness (QED) is 0.876. The number of carboxylic acids is 1. The molecule has 4 nitrogen and oxygen atoms in total. The molecule has 0 unspecified atom stereocenters. The second-order valence-electron chi connectivity index (χ2n) is 3.81. The lowest BCUT2D eigenvalue weighted by Gasteiger charge is -2.17. The van der Waals surface area contributed by atoms with Crippen LogP contribution in [0.1, 0.15) is 24.5 Å². The van der Waals surface area contributed by atoms with Crippen molar-refractivity contribution in [2.45, 2.75) is 26.2 Å². The highest BCUT2D eigenvalue weighted by Crippen LogP contribution is 2.39. The number of rotatable bonds is 6. The van der Waals surface area contributed by atoms with Gasteiger partial charge in [0.15, 0.2) is 11.5 Å². The van der Waals surface area contributed by atoms with Crippen molar-refractivity contribution in [3.05, 3.63) is 21.7 Å². The summed E-state index contributed by atoms with van der Waals surface area (Å²) in [6.07, 6.45) is 1.30. The van der Waals surface area contributed by atoms with Crippen molar-refractivity contribution in [3.8, 4) is 11.5 Å². The van der Waals surface area contributed by atoms with Gasteiger partial charge >= 0.3 is 5.97 Å². The van der Waals surface area contributed by atoms with Gasteiger partial charge in [-0.2, -0.15) is 0 Å². The summed E-state index contributed by atoms with van der Waals surface area (Å²) in [5.74, 6) is 0.408. The van der Waals surface area contributed by atoms with Crippen molar-refractivity contribution in [2.75, 3.05) is 14.2 Å². The summed E-state index contributed by atoms with van der Waals surface area (Å²) in [5, 5.41) is 8.79. The number of carboxylic acid groups (broad SMARTS) is 1. The molecule has 0 saturated carbocycles. The molecule has 1 N–H and O–H groups in total. The number of benzene rings is 1. The van der Waals surface area contributed by atoms with E-state index in [-0.39, 0.29) is 6.42 Å². The normalized spacial score (nSPS) is 10.2. The first-order valence-corrected chi connectivity index (χ1v) is 6.48. The van der Waals surface area contributed by atoms with E-state index in [1.54, 1.807) is 14.2 Å². The third-order valence-corrected chi connectivity index (χ3v) is 3.73. The lowest BCUT2D eigenvalue weighted by atomic mass is 10.0. The first-order valence-electron chi connectivity index (χ1n) is 5.69. The van der Waals surface area contributed by atoms with Crippen molar-refractivity contribution in [1.29, 1.82) is 0 Å². The molecule has 1 aromatic rings. The SMILES string of the molecule is CCc1cc(OC)c(OC)c(CCC(=O)O)c1Br. The van der Waals surface area contributed by atoms with Crippen molar-refractivity contribution in [1.82, 2.24) is 0 Å². The molecule has 0 spiro atoms. The largest absolute Gasteiger partial charge is 0.493 e. The van der Waals surface area contributed by atoms with E-state index in [0.29, 0.717) is 17.9 Å². The van der Waals surface area contributed by atoms with E-state index in [1.807, 2.05) is 13.0 Å². The number of aryl methyl sites for hydroxylation is 1. The average Bonchev–Trinajstić information content (AvgIpc) is 2.36. The van der Waals surface area contributed by atoms with Gasteiger partial charge in [-0.05, 0) is 24.5 Å². The molecule has 0 bridgehead atoms. The van der Waals surface area contributed by atoms with E-state index < -0.39 is 5.97 Å². The zero-order valence-electron chi connectivity index (χ0n) is 10.7. The summed E-state index contributed by atoms with van der Waals surface area (Å²) < 4.78 is 11.5. The summed E-state index contributed by atoms with van der Waals surface area (Å²) in [4.78, 5) is 10.7. The van der Waals surface area contributed by atoms with Crippen LogP contribution in [0.2, 0.25) is 0 Å². The molecule has 100 valence electrons. The Hall–Kier alpha value is -1.23. The van der Waals surface area contributed by atoms with E-state index >= 15 is 0 Å². The Bertz CT molecular complexity index is 443. The number of halogens is 1. The number of methoxy groups -OCH3 is 2. The molecule has 0 aliphatic rings. The van der Waals surface area contributed by atoms with Crippen LogP contribution in [-0.4, -0.2) is 25.3 Å². The first-order chi connectivity index (χ1) is 8.54. The topological polar surface area (TPSA) is 55.8 Å². The number of hydrogen-bond acceptors (Lipinski definition) is 3. The molecule has 18 heavy (non-hydrogen) atoms. The molecular formula is C13H17BrO4. The fraction of sp³-hybridized carbons (Fsp3) is 0.462. The van der Waals surface area contributed by atoms with Gasteiger partial charge in [-0.1, -0.05) is 22.9 Å². The summed E-state index contributed by atoms with van der Waals surface area (Å²) in [7, 11) is 3.13. The van der Waals surface area contributed by atoms with Crippen LogP contribution in [0.25, 0.3) is 0 Å². The van der Waals surface area contributed by atoms with Gasteiger partial charge in [0.2, 0.25) is 0 Å². The van der Waals surface area contributed by atoms with Gasteiger partial charge in [0.25, 0.3) is 0 Å². The molecule has 0 saturated heterocycles. The molecule has 0 atom stereocenters. The zero-order chi connectivity index (χ0) is 13.7. The van der Waals surface area contributed by atoms with E-state index in [9.17, 15) is 4.79 Å². The predicted octanol–water partition coefficient (Wildman–Crippen LogP) is 3.05. The van der Waals surface area contributed by atoms with Crippen LogP contribution >= 0.6 is 15.9 Å². The third kappa shape index (κ3) is 3.16. The van der Waals surface area contributed by atoms with Gasteiger partial charge < -0.3 is 14.6 Å². The molecule has 1 aromatic carbocycles. The van der Waals surface area contributed by atoms with Crippen molar-refractivity contribution >= 4 is 21.9 Å². The molecule has 0 radical (unpaired) electrons. The molecule has 0 aliphatic heterocycles. The number of hydrogen-bond donors (Lipinski definition) is 1. The van der Waals surface area contributed by atoms with Crippen LogP contribution in [0.3, 0.4) is 0 Å². The minimum Gasteiger partial charge on any atom is -0.493 e. The first kappa shape index (κ1) is 14.8. The van der Waals surface area contributed by atoms with Gasteiger partial charge in [0.1, 0.15) is 0 Å². The fourth-order valence-electron chi connectivity index (χ4n) is 1.82. The maximum Gasteiger partial charge on any atom is 0.303 e. The molecular weight excluding hydrogens is 300 g/mol. The zero-order valence-corrected chi connectivity index (χ0v) is 12.3. The van der Waals surface area contributed by atoms with E-state index in [4.69, 9.17) is 14.6 Å². The highest BCUT2D eigenvalue weighted by molar-refractivity contribution is 9.10. The Balaban J connectivity index is 3.28. The Morgan fingerprint density at radius 2 is 2.06 bits per heavy atom. The lowest BCUT2D eigenvalue weighted by molar-refractivity contribution is -0.136. The summed E-state index contributed by atoms with van der Waals surface area (Å²) in [5.41, 5.74) is 1.92. The Kier molecular flexibility index (Phi) is 5.47.